The fourth-order valence-corrected chi connectivity index (χ4v) is 2.62. The maximum Gasteiger partial charge on any atom is 0.271 e. The number of nitrogens with zero attached hydrogens (tertiary/aromatic N) is 2. The number of carbonyl (C=O) groups excluding carboxylic acids is 2. The number of likely N-dealkylation sites (tertiary alicyclic amines) is 1. The third-order valence-electron chi connectivity index (χ3n) is 3.81. The summed E-state index contributed by atoms with van der Waals surface area (Å²) in [6, 6.07) is 3.33. The minimum absolute atomic E-state index is 0.0153. The maximum absolute atomic E-state index is 12.5. The average Bonchev–Trinajstić information content (AvgIpc) is 3.06. The van der Waals surface area contributed by atoms with E-state index in [-0.39, 0.29) is 17.9 Å². The molecule has 1 saturated heterocycles. The summed E-state index contributed by atoms with van der Waals surface area (Å²) in [6.45, 7) is 3.45. The van der Waals surface area contributed by atoms with E-state index < -0.39 is 0 Å². The van der Waals surface area contributed by atoms with Crippen LogP contribution in [0.4, 0.5) is 0 Å². The Morgan fingerprint density at radius 3 is 2.90 bits per heavy atom. The van der Waals surface area contributed by atoms with Gasteiger partial charge in [-0.25, -0.2) is 0 Å². The van der Waals surface area contributed by atoms with E-state index in [1.54, 1.807) is 15.5 Å². The molecule has 110 valence electrons. The van der Waals surface area contributed by atoms with Crippen LogP contribution in [0.1, 0.15) is 43.1 Å². The van der Waals surface area contributed by atoms with Gasteiger partial charge >= 0.3 is 0 Å². The highest BCUT2D eigenvalue weighted by atomic mass is 16.2. The molecule has 0 aliphatic carbocycles. The van der Waals surface area contributed by atoms with Crippen LogP contribution in [-0.4, -0.2) is 40.4 Å². The topological polar surface area (TPSA) is 54.3 Å². The van der Waals surface area contributed by atoms with Gasteiger partial charge in [0.15, 0.2) is 0 Å². The number of nitrogens with one attached hydrogen (secondary N) is 1. The average molecular weight is 277 g/mol. The normalized spacial score (nSPS) is 18.3. The summed E-state index contributed by atoms with van der Waals surface area (Å²) in [6.07, 6.45) is 5.52. The lowest BCUT2D eigenvalue weighted by Gasteiger charge is -2.24. The molecule has 2 amide bonds. The Morgan fingerprint density at radius 1 is 1.45 bits per heavy atom. The van der Waals surface area contributed by atoms with Crippen molar-refractivity contribution in [3.63, 3.8) is 0 Å². The van der Waals surface area contributed by atoms with E-state index >= 15 is 0 Å². The second-order valence-electron chi connectivity index (χ2n) is 5.31. The number of aromatic nitrogens is 1. The van der Waals surface area contributed by atoms with Gasteiger partial charge in [-0.3, -0.25) is 9.59 Å². The Hall–Kier alpha value is -1.78. The molecule has 5 nitrogen and oxygen atoms in total. The number of carbonyl (C=O) groups is 2. The zero-order valence-electron chi connectivity index (χ0n) is 12.3. The van der Waals surface area contributed by atoms with Crippen molar-refractivity contribution in [3.8, 4) is 0 Å². The first-order valence-corrected chi connectivity index (χ1v) is 7.35. The van der Waals surface area contributed by atoms with E-state index in [0.717, 1.165) is 25.7 Å². The molecule has 1 unspecified atom stereocenters. The van der Waals surface area contributed by atoms with Crippen molar-refractivity contribution in [1.82, 2.24) is 14.8 Å². The van der Waals surface area contributed by atoms with Gasteiger partial charge in [-0.05, 0) is 31.4 Å². The lowest BCUT2D eigenvalue weighted by molar-refractivity contribution is -0.124. The number of amides is 2. The second kappa shape index (κ2) is 6.59. The van der Waals surface area contributed by atoms with Gasteiger partial charge in [0.25, 0.3) is 5.91 Å². The van der Waals surface area contributed by atoms with Crippen LogP contribution in [0.15, 0.2) is 18.3 Å². The summed E-state index contributed by atoms with van der Waals surface area (Å²) in [5, 5.41) is 2.93. The summed E-state index contributed by atoms with van der Waals surface area (Å²) < 4.78 is 1.80. The molecule has 1 aromatic heterocycles. The zero-order chi connectivity index (χ0) is 14.5. The molecule has 1 aromatic rings. The molecule has 1 aliphatic heterocycles. The van der Waals surface area contributed by atoms with Crippen molar-refractivity contribution in [2.24, 2.45) is 7.05 Å². The van der Waals surface area contributed by atoms with E-state index in [2.05, 4.69) is 12.2 Å². The highest BCUT2D eigenvalue weighted by Crippen LogP contribution is 2.20. The van der Waals surface area contributed by atoms with E-state index in [4.69, 9.17) is 0 Å². The molecule has 1 fully saturated rings. The SMILES string of the molecule is CCCCNC(=O)C1CCCN1C(=O)c1cccn1C. The van der Waals surface area contributed by atoms with Crippen molar-refractivity contribution in [3.05, 3.63) is 24.0 Å². The van der Waals surface area contributed by atoms with Crippen LogP contribution in [-0.2, 0) is 11.8 Å². The van der Waals surface area contributed by atoms with Crippen molar-refractivity contribution >= 4 is 11.8 Å². The first kappa shape index (κ1) is 14.6. The molecule has 0 spiro atoms. The quantitative estimate of drug-likeness (QED) is 0.830. The molecule has 2 heterocycles. The molecule has 2 rings (SSSR count). The minimum Gasteiger partial charge on any atom is -0.354 e. The molecule has 5 heteroatoms. The Labute approximate surface area is 119 Å². The lowest BCUT2D eigenvalue weighted by Crippen LogP contribution is -2.46. The van der Waals surface area contributed by atoms with Crippen molar-refractivity contribution < 1.29 is 9.59 Å². The smallest absolute Gasteiger partial charge is 0.271 e. The van der Waals surface area contributed by atoms with Crippen LogP contribution < -0.4 is 5.32 Å². The molecule has 20 heavy (non-hydrogen) atoms. The lowest BCUT2D eigenvalue weighted by atomic mass is 10.2. The van der Waals surface area contributed by atoms with Gasteiger partial charge < -0.3 is 14.8 Å². The van der Waals surface area contributed by atoms with Crippen LogP contribution in [0.2, 0.25) is 0 Å². The summed E-state index contributed by atoms with van der Waals surface area (Å²) in [5.74, 6) is -0.0656. The highest BCUT2D eigenvalue weighted by molar-refractivity contribution is 5.96. The van der Waals surface area contributed by atoms with Gasteiger partial charge in [-0.2, -0.15) is 0 Å². The number of hydrogen-bond acceptors (Lipinski definition) is 2. The van der Waals surface area contributed by atoms with E-state index in [1.807, 2.05) is 19.3 Å². The van der Waals surface area contributed by atoms with Crippen molar-refractivity contribution in [1.29, 1.82) is 0 Å². The molecule has 1 N–H and O–H groups in total. The van der Waals surface area contributed by atoms with Crippen LogP contribution in [0.3, 0.4) is 0 Å². The summed E-state index contributed by atoms with van der Waals surface area (Å²) in [5.41, 5.74) is 0.637. The standard InChI is InChI=1S/C15H23N3O2/c1-3-4-9-16-14(19)12-7-6-11-18(12)15(20)13-8-5-10-17(13)2/h5,8,10,12H,3-4,6-7,9,11H2,1-2H3,(H,16,19). The third-order valence-corrected chi connectivity index (χ3v) is 3.81. The highest BCUT2D eigenvalue weighted by Gasteiger charge is 2.34. The summed E-state index contributed by atoms with van der Waals surface area (Å²) in [4.78, 5) is 26.4. The Bertz CT molecular complexity index is 481. The molecular weight excluding hydrogens is 254 g/mol. The van der Waals surface area contributed by atoms with E-state index in [9.17, 15) is 9.59 Å². The van der Waals surface area contributed by atoms with Crippen molar-refractivity contribution in [2.45, 2.75) is 38.6 Å². The van der Waals surface area contributed by atoms with E-state index in [1.165, 1.54) is 0 Å². The van der Waals surface area contributed by atoms with Crippen LogP contribution in [0.25, 0.3) is 0 Å². The molecule has 0 aromatic carbocycles. The molecule has 1 aliphatic rings. The minimum atomic E-state index is -0.311. The maximum atomic E-state index is 12.5. The van der Waals surface area contributed by atoms with Crippen LogP contribution >= 0.6 is 0 Å². The van der Waals surface area contributed by atoms with Crippen LogP contribution in [0.5, 0.6) is 0 Å². The first-order chi connectivity index (χ1) is 9.65. The molecule has 0 radical (unpaired) electrons. The van der Waals surface area contributed by atoms with Gasteiger partial charge in [0.2, 0.25) is 5.91 Å². The fourth-order valence-electron chi connectivity index (χ4n) is 2.62. The number of hydrogen-bond donors (Lipinski definition) is 1. The fraction of sp³-hybridized carbons (Fsp3) is 0.600. The summed E-state index contributed by atoms with van der Waals surface area (Å²) in [7, 11) is 1.85. The predicted molar refractivity (Wildman–Crippen MR) is 77.4 cm³/mol. The zero-order valence-corrected chi connectivity index (χ0v) is 12.3. The number of aryl methyl sites for hydroxylation is 1. The van der Waals surface area contributed by atoms with Crippen LogP contribution in [0, 0.1) is 0 Å². The van der Waals surface area contributed by atoms with Gasteiger partial charge in [0, 0.05) is 26.3 Å². The van der Waals surface area contributed by atoms with Crippen molar-refractivity contribution in [2.75, 3.05) is 13.1 Å². The molecule has 0 bridgehead atoms. The Kier molecular flexibility index (Phi) is 4.82. The number of rotatable bonds is 5. The molecule has 0 saturated carbocycles. The largest absolute Gasteiger partial charge is 0.354 e. The second-order valence-corrected chi connectivity index (χ2v) is 5.31. The predicted octanol–water partition coefficient (Wildman–Crippen LogP) is 1.55. The summed E-state index contributed by atoms with van der Waals surface area (Å²) >= 11 is 0. The number of unbranched alkanes of at least 4 members (excludes halogenated alkanes) is 1. The monoisotopic (exact) mass is 277 g/mol. The van der Waals surface area contributed by atoms with Gasteiger partial charge in [0.05, 0.1) is 0 Å². The molecule has 1 atom stereocenters. The Morgan fingerprint density at radius 2 is 2.25 bits per heavy atom. The molecular formula is C15H23N3O2. The van der Waals surface area contributed by atoms with Gasteiger partial charge in [-0.1, -0.05) is 13.3 Å². The first-order valence-electron chi connectivity index (χ1n) is 7.35. The van der Waals surface area contributed by atoms with E-state index in [0.29, 0.717) is 18.8 Å². The van der Waals surface area contributed by atoms with Gasteiger partial charge in [0.1, 0.15) is 11.7 Å². The van der Waals surface area contributed by atoms with Gasteiger partial charge in [-0.15, -0.1) is 0 Å². The Balaban J connectivity index is 2.02. The third kappa shape index (κ3) is 3.03.